The maximum absolute atomic E-state index is 13.0. The number of amides is 1. The molecule has 0 bridgehead atoms. The fraction of sp³-hybridized carbons (Fsp3) is 0.250. The lowest BCUT2D eigenvalue weighted by molar-refractivity contribution is -0.141. The van der Waals surface area contributed by atoms with Crippen molar-refractivity contribution < 1.29 is 28.6 Å². The Balaban J connectivity index is 1.47. The number of furan rings is 1. The van der Waals surface area contributed by atoms with Crippen LogP contribution < -0.4 is 10.9 Å². The third kappa shape index (κ3) is 4.12. The second kappa shape index (κ2) is 8.85. The molecule has 0 aliphatic rings. The maximum Gasteiger partial charge on any atom is 0.340 e. The molecule has 5 aromatic rings. The molecule has 0 saturated carbocycles. The first-order valence-electron chi connectivity index (χ1n) is 11.8. The first-order chi connectivity index (χ1) is 17.5. The highest BCUT2D eigenvalue weighted by molar-refractivity contribution is 6.07. The Morgan fingerprint density at radius 2 is 1.81 bits per heavy atom. The molecule has 0 aliphatic carbocycles. The van der Waals surface area contributed by atoms with Crippen LogP contribution in [-0.4, -0.2) is 33.1 Å². The lowest BCUT2D eigenvalue weighted by Crippen LogP contribution is -2.43. The first-order valence-corrected chi connectivity index (χ1v) is 11.8. The number of hydrogen-bond donors (Lipinski definition) is 4. The van der Waals surface area contributed by atoms with Gasteiger partial charge in [0.15, 0.2) is 0 Å². The van der Waals surface area contributed by atoms with Crippen LogP contribution in [0.3, 0.4) is 0 Å². The van der Waals surface area contributed by atoms with Gasteiger partial charge in [-0.1, -0.05) is 0 Å². The molecule has 3 heterocycles. The van der Waals surface area contributed by atoms with Gasteiger partial charge in [0, 0.05) is 28.9 Å². The zero-order chi connectivity index (χ0) is 26.6. The Hall–Kier alpha value is -4.53. The molecule has 0 unspecified atom stereocenters. The quantitative estimate of drug-likeness (QED) is 0.253. The molecular formula is C28H26N2O7. The van der Waals surface area contributed by atoms with E-state index in [1.54, 1.807) is 25.3 Å². The van der Waals surface area contributed by atoms with Crippen molar-refractivity contribution >= 4 is 44.7 Å². The number of H-pyrrole nitrogens is 1. The van der Waals surface area contributed by atoms with Crippen molar-refractivity contribution in [3.8, 4) is 5.75 Å². The van der Waals surface area contributed by atoms with Crippen LogP contribution in [0.5, 0.6) is 5.75 Å². The van der Waals surface area contributed by atoms with Crippen molar-refractivity contribution in [1.82, 2.24) is 10.3 Å². The minimum atomic E-state index is -1.24. The highest BCUT2D eigenvalue weighted by Gasteiger charge is 2.25. The summed E-state index contributed by atoms with van der Waals surface area (Å²) in [4.78, 5) is 40.8. The van der Waals surface area contributed by atoms with Crippen LogP contribution in [0.1, 0.15) is 33.6 Å². The number of aromatic nitrogens is 1. The van der Waals surface area contributed by atoms with Crippen LogP contribution in [0.15, 0.2) is 44.1 Å². The number of carboxylic acids is 1. The van der Waals surface area contributed by atoms with Gasteiger partial charge in [0.1, 0.15) is 28.7 Å². The molecule has 0 fully saturated rings. The number of nitrogens with one attached hydrogen (secondary N) is 2. The molecule has 37 heavy (non-hydrogen) atoms. The number of aryl methyl sites for hydroxylation is 4. The summed E-state index contributed by atoms with van der Waals surface area (Å²) in [6.45, 7) is 7.48. The van der Waals surface area contributed by atoms with Crippen LogP contribution in [0.25, 0.3) is 32.8 Å². The van der Waals surface area contributed by atoms with Crippen molar-refractivity contribution in [3.05, 3.63) is 74.5 Å². The van der Waals surface area contributed by atoms with Crippen molar-refractivity contribution in [2.45, 2.75) is 46.6 Å². The van der Waals surface area contributed by atoms with E-state index in [9.17, 15) is 24.6 Å². The molecular weight excluding hydrogens is 476 g/mol. The highest BCUT2D eigenvalue weighted by Crippen LogP contribution is 2.36. The monoisotopic (exact) mass is 502 g/mol. The summed E-state index contributed by atoms with van der Waals surface area (Å²) in [6.07, 6.45) is 1.28. The Morgan fingerprint density at radius 3 is 2.54 bits per heavy atom. The molecule has 2 aromatic carbocycles. The number of phenolic OH excluding ortho intramolecular Hbond substituents is 1. The van der Waals surface area contributed by atoms with E-state index >= 15 is 0 Å². The summed E-state index contributed by atoms with van der Waals surface area (Å²) in [6, 6.07) is 5.29. The van der Waals surface area contributed by atoms with E-state index in [4.69, 9.17) is 8.83 Å². The molecule has 0 aliphatic heterocycles. The summed E-state index contributed by atoms with van der Waals surface area (Å²) in [7, 11) is 0. The second-order valence-corrected chi connectivity index (χ2v) is 9.43. The van der Waals surface area contributed by atoms with E-state index in [1.165, 1.54) is 12.1 Å². The van der Waals surface area contributed by atoms with Gasteiger partial charge in [0.05, 0.1) is 17.4 Å². The van der Waals surface area contributed by atoms with E-state index < -0.39 is 23.5 Å². The van der Waals surface area contributed by atoms with Gasteiger partial charge < -0.3 is 29.3 Å². The SMILES string of the molecule is Cc1oc2c(c(C)cc3oc(=O)c(CC(=O)N[C@H](Cc4c[nH]c5ccc(O)cc45)C(=O)O)c(C)c32)c1C. The predicted molar refractivity (Wildman–Crippen MR) is 138 cm³/mol. The van der Waals surface area contributed by atoms with E-state index in [0.717, 1.165) is 27.8 Å². The Kier molecular flexibility index (Phi) is 5.78. The Bertz CT molecular complexity index is 1790. The lowest BCUT2D eigenvalue weighted by atomic mass is 9.98. The smallest absolute Gasteiger partial charge is 0.340 e. The first kappa shape index (κ1) is 24.2. The summed E-state index contributed by atoms with van der Waals surface area (Å²) in [5.41, 5.74) is 4.28. The summed E-state index contributed by atoms with van der Waals surface area (Å²) in [5, 5.41) is 24.3. The maximum atomic E-state index is 13.0. The minimum absolute atomic E-state index is 0.0132. The van der Waals surface area contributed by atoms with E-state index in [1.807, 2.05) is 20.8 Å². The average Bonchev–Trinajstić information content (AvgIpc) is 3.36. The van der Waals surface area contributed by atoms with Crippen LogP contribution >= 0.6 is 0 Å². The highest BCUT2D eigenvalue weighted by atomic mass is 16.4. The molecule has 0 radical (unpaired) electrons. The number of carbonyl (C=O) groups is 2. The van der Waals surface area contributed by atoms with E-state index in [-0.39, 0.29) is 24.2 Å². The Morgan fingerprint density at radius 1 is 1.05 bits per heavy atom. The van der Waals surface area contributed by atoms with Crippen molar-refractivity contribution in [3.63, 3.8) is 0 Å². The molecule has 1 amide bonds. The lowest BCUT2D eigenvalue weighted by Gasteiger charge is -2.15. The standard InChI is InChI=1S/C28H26N2O7/c1-12-7-22-25(26-24(12)13(2)15(4)36-26)14(3)18(28(35)37-22)10-23(32)30-21(27(33)34)8-16-11-29-20-6-5-17(31)9-19(16)20/h5-7,9,11,21,29,31H,8,10H2,1-4H3,(H,30,32)(H,33,34)/t21-/m1/s1. The predicted octanol–water partition coefficient (Wildman–Crippen LogP) is 4.31. The molecule has 5 rings (SSSR count). The van der Waals surface area contributed by atoms with Crippen LogP contribution in [0, 0.1) is 27.7 Å². The molecule has 0 saturated heterocycles. The number of aromatic hydroxyl groups is 1. The number of benzene rings is 2. The number of aromatic amines is 1. The number of rotatable bonds is 6. The van der Waals surface area contributed by atoms with Gasteiger partial charge in [0.2, 0.25) is 5.91 Å². The molecule has 9 heteroatoms. The largest absolute Gasteiger partial charge is 0.508 e. The zero-order valence-corrected chi connectivity index (χ0v) is 20.8. The van der Waals surface area contributed by atoms with E-state index in [0.29, 0.717) is 33.1 Å². The van der Waals surface area contributed by atoms with Crippen LogP contribution in [0.2, 0.25) is 0 Å². The average molecular weight is 503 g/mol. The summed E-state index contributed by atoms with van der Waals surface area (Å²) >= 11 is 0. The van der Waals surface area contributed by atoms with Gasteiger partial charge in [-0.25, -0.2) is 9.59 Å². The van der Waals surface area contributed by atoms with Gasteiger partial charge in [-0.15, -0.1) is 0 Å². The fourth-order valence-electron chi connectivity index (χ4n) is 5.00. The number of aliphatic carboxylic acids is 1. The van der Waals surface area contributed by atoms with Gasteiger partial charge in [0.25, 0.3) is 0 Å². The third-order valence-electron chi connectivity index (χ3n) is 7.02. The number of hydrogen-bond acceptors (Lipinski definition) is 6. The van der Waals surface area contributed by atoms with Gasteiger partial charge in [-0.2, -0.15) is 0 Å². The number of carbonyl (C=O) groups excluding carboxylic acids is 1. The molecule has 1 atom stereocenters. The van der Waals surface area contributed by atoms with Gasteiger partial charge >= 0.3 is 11.6 Å². The molecule has 3 aromatic heterocycles. The number of carboxylic acid groups (broad SMARTS) is 1. The summed E-state index contributed by atoms with van der Waals surface area (Å²) in [5.74, 6) is -1.04. The number of phenols is 1. The third-order valence-corrected chi connectivity index (χ3v) is 7.02. The normalized spacial score (nSPS) is 12.4. The molecule has 4 N–H and O–H groups in total. The van der Waals surface area contributed by atoms with E-state index in [2.05, 4.69) is 10.3 Å². The molecule has 0 spiro atoms. The summed E-state index contributed by atoms with van der Waals surface area (Å²) < 4.78 is 11.6. The van der Waals surface area contributed by atoms with Gasteiger partial charge in [-0.3, -0.25) is 4.79 Å². The Labute approximate surface area is 210 Å². The van der Waals surface area contributed by atoms with Crippen molar-refractivity contribution in [1.29, 1.82) is 0 Å². The van der Waals surface area contributed by atoms with Gasteiger partial charge in [-0.05, 0) is 74.2 Å². The van der Waals surface area contributed by atoms with Crippen LogP contribution in [0.4, 0.5) is 0 Å². The fourth-order valence-corrected chi connectivity index (χ4v) is 5.00. The van der Waals surface area contributed by atoms with Crippen molar-refractivity contribution in [2.24, 2.45) is 0 Å². The zero-order valence-electron chi connectivity index (χ0n) is 20.8. The molecule has 9 nitrogen and oxygen atoms in total. The topological polar surface area (TPSA) is 146 Å². The molecule has 190 valence electrons. The minimum Gasteiger partial charge on any atom is -0.508 e. The van der Waals surface area contributed by atoms with Crippen molar-refractivity contribution in [2.75, 3.05) is 0 Å². The number of fused-ring (bicyclic) bond motifs is 4. The second-order valence-electron chi connectivity index (χ2n) is 9.43. The van der Waals surface area contributed by atoms with Crippen LogP contribution in [-0.2, 0) is 22.4 Å².